The van der Waals surface area contributed by atoms with Crippen LogP contribution in [0.4, 0.5) is 0 Å². The van der Waals surface area contributed by atoms with Crippen LogP contribution in [0.25, 0.3) is 93.4 Å². The standard InChI is InChI=1S/C56H41NO2/c1-55(2)30-43-40(53(55)58)28-45-49(47(43)38-25-15-13-22-35(38)32-17-7-5-8-18-32)42-27-34-21-11-12-24-37(34)50-51-46(57(45)52(42)50)29-41-44(31-56(3,4)54(41)59)48(51)39-26-16-14-23-36(39)33-19-9-6-10-20-33/h5-29H,30-31H2,1-4H3. The van der Waals surface area contributed by atoms with E-state index in [0.717, 1.165) is 99.5 Å². The van der Waals surface area contributed by atoms with Crippen LogP contribution in [0, 0.1) is 10.8 Å². The van der Waals surface area contributed by atoms with E-state index < -0.39 is 10.8 Å². The van der Waals surface area contributed by atoms with Crippen LogP contribution in [0.15, 0.2) is 152 Å². The molecule has 8 aromatic carbocycles. The van der Waals surface area contributed by atoms with Crippen molar-refractivity contribution in [3.8, 4) is 44.5 Å². The van der Waals surface area contributed by atoms with Crippen molar-refractivity contribution in [1.29, 1.82) is 0 Å². The molecule has 0 amide bonds. The lowest BCUT2D eigenvalue weighted by Crippen LogP contribution is -2.18. The van der Waals surface area contributed by atoms with Gasteiger partial charge in [0.05, 0.1) is 16.6 Å². The molecule has 0 saturated heterocycles. The molecule has 0 radical (unpaired) electrons. The molecule has 2 aliphatic carbocycles. The normalized spacial score (nSPS) is 15.7. The summed E-state index contributed by atoms with van der Waals surface area (Å²) in [6, 6.07) is 54.2. The van der Waals surface area contributed by atoms with Crippen molar-refractivity contribution in [3.05, 3.63) is 174 Å². The molecule has 2 aromatic heterocycles. The summed E-state index contributed by atoms with van der Waals surface area (Å²) in [5, 5.41) is 7.02. The summed E-state index contributed by atoms with van der Waals surface area (Å²) in [4.78, 5) is 29.2. The summed E-state index contributed by atoms with van der Waals surface area (Å²) in [7, 11) is 0. The summed E-state index contributed by atoms with van der Waals surface area (Å²) >= 11 is 0. The van der Waals surface area contributed by atoms with Crippen molar-refractivity contribution in [1.82, 2.24) is 4.40 Å². The summed E-state index contributed by atoms with van der Waals surface area (Å²) in [6.07, 6.45) is 1.32. The van der Waals surface area contributed by atoms with Crippen LogP contribution >= 0.6 is 0 Å². The minimum atomic E-state index is -0.545. The van der Waals surface area contributed by atoms with Crippen molar-refractivity contribution < 1.29 is 9.59 Å². The molecule has 0 unspecified atom stereocenters. The lowest BCUT2D eigenvalue weighted by Gasteiger charge is -2.18. The minimum Gasteiger partial charge on any atom is -0.308 e. The summed E-state index contributed by atoms with van der Waals surface area (Å²) in [6.45, 7) is 8.36. The SMILES string of the molecule is CC1(C)Cc2c(cc3c(c2-c2ccccc2-c2ccccc2)c2cc4ccccc4c4c5c(-c6ccccc6-c6ccccc6)c6c(cc5n3c24)C(=O)C(C)(C)C6)C1=O. The highest BCUT2D eigenvalue weighted by Crippen LogP contribution is 2.55. The molecule has 0 N–H and O–H groups in total. The van der Waals surface area contributed by atoms with E-state index >= 15 is 0 Å². The van der Waals surface area contributed by atoms with Crippen LogP contribution in [0.3, 0.4) is 0 Å². The molecule has 0 aliphatic heterocycles. The first-order valence-electron chi connectivity index (χ1n) is 20.8. The first-order chi connectivity index (χ1) is 28.6. The third-order valence-electron chi connectivity index (χ3n) is 13.6. The zero-order valence-corrected chi connectivity index (χ0v) is 33.6. The van der Waals surface area contributed by atoms with Crippen molar-refractivity contribution >= 4 is 60.4 Å². The Morgan fingerprint density at radius 3 is 1.41 bits per heavy atom. The van der Waals surface area contributed by atoms with Gasteiger partial charge in [-0.05, 0) is 97.4 Å². The molecule has 282 valence electrons. The van der Waals surface area contributed by atoms with E-state index in [1.807, 2.05) is 0 Å². The van der Waals surface area contributed by atoms with Gasteiger partial charge in [0.15, 0.2) is 11.6 Å². The maximum atomic E-state index is 14.6. The van der Waals surface area contributed by atoms with E-state index in [1.165, 1.54) is 16.2 Å². The third-order valence-corrected chi connectivity index (χ3v) is 13.6. The second-order valence-corrected chi connectivity index (χ2v) is 18.2. The maximum absolute atomic E-state index is 14.6. The van der Waals surface area contributed by atoms with Crippen LogP contribution in [-0.4, -0.2) is 16.0 Å². The zero-order chi connectivity index (χ0) is 39.9. The summed E-state index contributed by atoms with van der Waals surface area (Å²) in [5.74, 6) is 0.357. The van der Waals surface area contributed by atoms with Gasteiger partial charge in [0.25, 0.3) is 0 Å². The van der Waals surface area contributed by atoms with Crippen molar-refractivity contribution in [2.24, 2.45) is 10.8 Å². The van der Waals surface area contributed by atoms with Crippen LogP contribution < -0.4 is 0 Å². The lowest BCUT2D eigenvalue weighted by molar-refractivity contribution is 0.0857. The van der Waals surface area contributed by atoms with Gasteiger partial charge in [-0.3, -0.25) is 9.59 Å². The second kappa shape index (κ2) is 11.9. The van der Waals surface area contributed by atoms with Gasteiger partial charge >= 0.3 is 0 Å². The maximum Gasteiger partial charge on any atom is 0.169 e. The molecule has 0 fully saturated rings. The predicted molar refractivity (Wildman–Crippen MR) is 244 cm³/mol. The fourth-order valence-corrected chi connectivity index (χ4v) is 11.0. The quantitative estimate of drug-likeness (QED) is 0.179. The van der Waals surface area contributed by atoms with Crippen molar-refractivity contribution in [2.45, 2.75) is 40.5 Å². The number of ketones is 2. The molecular formula is C56H41NO2. The molecule has 2 aliphatic rings. The van der Waals surface area contributed by atoms with Crippen LogP contribution in [0.5, 0.6) is 0 Å². The number of Topliss-reactive ketones (excluding diaryl/α,β-unsaturated/α-hetero) is 2. The van der Waals surface area contributed by atoms with Gasteiger partial charge in [-0.2, -0.15) is 0 Å². The number of nitrogens with zero attached hydrogens (tertiary/aromatic N) is 1. The number of rotatable bonds is 4. The van der Waals surface area contributed by atoms with Crippen LogP contribution in [0.1, 0.15) is 59.5 Å². The van der Waals surface area contributed by atoms with E-state index in [9.17, 15) is 9.59 Å². The van der Waals surface area contributed by atoms with E-state index in [2.05, 4.69) is 184 Å². The first kappa shape index (κ1) is 34.2. The third kappa shape index (κ3) is 4.59. The molecule has 59 heavy (non-hydrogen) atoms. The zero-order valence-electron chi connectivity index (χ0n) is 33.6. The highest BCUT2D eigenvalue weighted by atomic mass is 16.1. The smallest absolute Gasteiger partial charge is 0.169 e. The number of aromatic nitrogens is 1. The van der Waals surface area contributed by atoms with E-state index in [4.69, 9.17) is 0 Å². The Bertz CT molecular complexity index is 3460. The molecule has 2 heterocycles. The van der Waals surface area contributed by atoms with E-state index in [0.29, 0.717) is 12.8 Å². The van der Waals surface area contributed by atoms with Gasteiger partial charge < -0.3 is 4.40 Å². The monoisotopic (exact) mass is 759 g/mol. The molecule has 12 rings (SSSR count). The average Bonchev–Trinajstić information content (AvgIpc) is 3.91. The molecule has 0 atom stereocenters. The summed E-state index contributed by atoms with van der Waals surface area (Å²) in [5.41, 5.74) is 15.0. The molecule has 3 heteroatoms. The van der Waals surface area contributed by atoms with E-state index in [-0.39, 0.29) is 11.6 Å². The number of carbonyl (C=O) groups excluding carboxylic acids is 2. The fourth-order valence-electron chi connectivity index (χ4n) is 11.0. The Kier molecular flexibility index (Phi) is 6.88. The van der Waals surface area contributed by atoms with Gasteiger partial charge in [0.2, 0.25) is 0 Å². The Labute approximate surface area is 342 Å². The lowest BCUT2D eigenvalue weighted by atomic mass is 9.84. The molecular weight excluding hydrogens is 719 g/mol. The average molecular weight is 760 g/mol. The Morgan fingerprint density at radius 1 is 0.424 bits per heavy atom. The number of benzene rings is 8. The van der Waals surface area contributed by atoms with Gasteiger partial charge in [-0.25, -0.2) is 0 Å². The number of fused-ring (bicyclic) bond motifs is 10. The Hall–Kier alpha value is -6.84. The van der Waals surface area contributed by atoms with Crippen molar-refractivity contribution in [2.75, 3.05) is 0 Å². The van der Waals surface area contributed by atoms with Gasteiger partial charge in [-0.15, -0.1) is 0 Å². The number of carbonyl (C=O) groups is 2. The highest BCUT2D eigenvalue weighted by Gasteiger charge is 2.43. The minimum absolute atomic E-state index is 0.178. The van der Waals surface area contributed by atoms with Crippen LogP contribution in [-0.2, 0) is 12.8 Å². The molecule has 0 bridgehead atoms. The number of hydrogen-bond donors (Lipinski definition) is 0. The largest absolute Gasteiger partial charge is 0.308 e. The highest BCUT2D eigenvalue weighted by molar-refractivity contribution is 6.36. The van der Waals surface area contributed by atoms with Crippen molar-refractivity contribution in [3.63, 3.8) is 0 Å². The second-order valence-electron chi connectivity index (χ2n) is 18.2. The Morgan fingerprint density at radius 2 is 0.864 bits per heavy atom. The molecule has 10 aromatic rings. The predicted octanol–water partition coefficient (Wildman–Crippen LogP) is 14.2. The van der Waals surface area contributed by atoms with Gasteiger partial charge in [0, 0.05) is 43.5 Å². The molecule has 0 spiro atoms. The van der Waals surface area contributed by atoms with Gasteiger partial charge in [-0.1, -0.05) is 161 Å². The Balaban J connectivity index is 1.34. The number of hydrogen-bond acceptors (Lipinski definition) is 2. The summed E-state index contributed by atoms with van der Waals surface area (Å²) < 4.78 is 2.42. The fraction of sp³-hybridized carbons (Fsp3) is 0.143. The van der Waals surface area contributed by atoms with Crippen LogP contribution in [0.2, 0.25) is 0 Å². The van der Waals surface area contributed by atoms with E-state index in [1.54, 1.807) is 0 Å². The molecule has 3 nitrogen and oxygen atoms in total. The first-order valence-corrected chi connectivity index (χ1v) is 20.8. The van der Waals surface area contributed by atoms with Gasteiger partial charge in [0.1, 0.15) is 0 Å². The molecule has 0 saturated carbocycles. The topological polar surface area (TPSA) is 38.5 Å².